The number of fused-ring (bicyclic) bond motifs is 3. The lowest BCUT2D eigenvalue weighted by Gasteiger charge is -2.33. The van der Waals surface area contributed by atoms with Gasteiger partial charge in [-0.3, -0.25) is 4.79 Å². The van der Waals surface area contributed by atoms with Gasteiger partial charge in [0.25, 0.3) is 0 Å². The summed E-state index contributed by atoms with van der Waals surface area (Å²) in [6.07, 6.45) is 2.50. The van der Waals surface area contributed by atoms with E-state index in [1.165, 1.54) is 17.4 Å². The van der Waals surface area contributed by atoms with Crippen LogP contribution in [0.5, 0.6) is 0 Å². The maximum absolute atomic E-state index is 14.3. The van der Waals surface area contributed by atoms with E-state index in [1.807, 2.05) is 24.3 Å². The monoisotopic (exact) mass is 432 g/mol. The Morgan fingerprint density at radius 1 is 1.26 bits per heavy atom. The SMILES string of the molecule is O=C(Cc1nc2ccccc2s1)N1CCc2[nH]cnc2[C@H]1c1cc2c(F)cccc2o1. The zero-order valence-corrected chi connectivity index (χ0v) is 17.2. The second-order valence-electron chi connectivity index (χ2n) is 7.56. The smallest absolute Gasteiger partial charge is 0.230 e. The summed E-state index contributed by atoms with van der Waals surface area (Å²) in [7, 11) is 0. The fourth-order valence-electron chi connectivity index (χ4n) is 4.24. The third-order valence-electron chi connectivity index (χ3n) is 5.68. The average molecular weight is 432 g/mol. The Morgan fingerprint density at radius 3 is 3.03 bits per heavy atom. The molecule has 1 atom stereocenters. The molecule has 3 aromatic heterocycles. The van der Waals surface area contributed by atoms with E-state index < -0.39 is 6.04 Å². The molecular formula is C23H17FN4O2S. The first-order chi connectivity index (χ1) is 15.2. The molecule has 0 aliphatic carbocycles. The number of rotatable bonds is 3. The highest BCUT2D eigenvalue weighted by molar-refractivity contribution is 7.18. The molecule has 6 nitrogen and oxygen atoms in total. The molecule has 31 heavy (non-hydrogen) atoms. The van der Waals surface area contributed by atoms with E-state index in [0.717, 1.165) is 26.6 Å². The van der Waals surface area contributed by atoms with Crippen molar-refractivity contribution in [3.63, 3.8) is 0 Å². The highest BCUT2D eigenvalue weighted by atomic mass is 32.1. The molecule has 2 aromatic carbocycles. The van der Waals surface area contributed by atoms with Crippen molar-refractivity contribution in [1.82, 2.24) is 19.9 Å². The van der Waals surface area contributed by atoms with E-state index in [1.54, 1.807) is 29.4 Å². The van der Waals surface area contributed by atoms with Crippen LogP contribution in [0.3, 0.4) is 0 Å². The number of para-hydroxylation sites is 1. The number of benzene rings is 2. The predicted octanol–water partition coefficient (Wildman–Crippen LogP) is 4.62. The molecule has 0 radical (unpaired) electrons. The van der Waals surface area contributed by atoms with E-state index in [-0.39, 0.29) is 18.1 Å². The van der Waals surface area contributed by atoms with Crippen molar-refractivity contribution in [3.05, 3.63) is 82.8 Å². The molecule has 1 aliphatic heterocycles. The van der Waals surface area contributed by atoms with Crippen LogP contribution >= 0.6 is 11.3 Å². The minimum Gasteiger partial charge on any atom is -0.458 e. The number of thiazole rings is 1. The summed E-state index contributed by atoms with van der Waals surface area (Å²) in [6.45, 7) is 0.517. The molecule has 8 heteroatoms. The van der Waals surface area contributed by atoms with Crippen LogP contribution in [-0.2, 0) is 17.6 Å². The van der Waals surface area contributed by atoms with Crippen molar-refractivity contribution in [2.45, 2.75) is 18.9 Å². The van der Waals surface area contributed by atoms with Crippen LogP contribution in [0.25, 0.3) is 21.2 Å². The minimum absolute atomic E-state index is 0.0568. The van der Waals surface area contributed by atoms with Gasteiger partial charge in [-0.05, 0) is 30.3 Å². The lowest BCUT2D eigenvalue weighted by atomic mass is 9.99. The summed E-state index contributed by atoms with van der Waals surface area (Å²) in [5.74, 6) is 0.0994. The number of carbonyl (C=O) groups is 1. The number of nitrogens with one attached hydrogen (secondary N) is 1. The van der Waals surface area contributed by atoms with Crippen molar-refractivity contribution in [2.24, 2.45) is 0 Å². The van der Waals surface area contributed by atoms with Gasteiger partial charge in [-0.15, -0.1) is 11.3 Å². The summed E-state index contributed by atoms with van der Waals surface area (Å²) in [6, 6.07) is 13.8. The molecule has 1 aliphatic rings. The molecule has 154 valence electrons. The van der Waals surface area contributed by atoms with Gasteiger partial charge >= 0.3 is 0 Å². The lowest BCUT2D eigenvalue weighted by Crippen LogP contribution is -2.41. The topological polar surface area (TPSA) is 75.0 Å². The molecule has 0 spiro atoms. The zero-order chi connectivity index (χ0) is 20.9. The Labute approximate surface area is 180 Å². The summed E-state index contributed by atoms with van der Waals surface area (Å²) >= 11 is 1.53. The van der Waals surface area contributed by atoms with Crippen LogP contribution < -0.4 is 0 Å². The van der Waals surface area contributed by atoms with Crippen molar-refractivity contribution >= 4 is 38.4 Å². The van der Waals surface area contributed by atoms with Crippen molar-refractivity contribution in [3.8, 4) is 0 Å². The van der Waals surface area contributed by atoms with Crippen LogP contribution in [0.15, 0.2) is 59.3 Å². The molecule has 0 saturated carbocycles. The van der Waals surface area contributed by atoms with Crippen LogP contribution in [0.2, 0.25) is 0 Å². The van der Waals surface area contributed by atoms with Crippen molar-refractivity contribution in [1.29, 1.82) is 0 Å². The number of halogens is 1. The maximum Gasteiger partial charge on any atom is 0.230 e. The van der Waals surface area contributed by atoms with Gasteiger partial charge in [0.15, 0.2) is 0 Å². The van der Waals surface area contributed by atoms with E-state index in [2.05, 4.69) is 15.0 Å². The number of hydrogen-bond acceptors (Lipinski definition) is 5. The van der Waals surface area contributed by atoms with Crippen LogP contribution in [0.4, 0.5) is 4.39 Å². The molecule has 0 bridgehead atoms. The summed E-state index contributed by atoms with van der Waals surface area (Å²) < 4.78 is 21.3. The van der Waals surface area contributed by atoms with Crippen LogP contribution in [0.1, 0.15) is 28.2 Å². The summed E-state index contributed by atoms with van der Waals surface area (Å²) in [5, 5.41) is 1.17. The highest BCUT2D eigenvalue weighted by Gasteiger charge is 2.36. The number of aromatic amines is 1. The third kappa shape index (κ3) is 3.02. The molecule has 6 rings (SSSR count). The quantitative estimate of drug-likeness (QED) is 0.451. The first kappa shape index (κ1) is 18.3. The standard InChI is InChI=1S/C23H17FN4O2S/c24-14-4-3-6-17-13(14)10-18(30-17)23-22-16(25-12-26-22)8-9-28(23)21(29)11-20-27-15-5-1-2-7-19(15)31-20/h1-7,10,12,23H,8-9,11H2,(H,25,26)/t23-/m1/s1. The molecule has 5 aromatic rings. The average Bonchev–Trinajstić information content (AvgIpc) is 3.50. The number of hydrogen-bond donors (Lipinski definition) is 1. The van der Waals surface area contributed by atoms with Crippen molar-refractivity contribution < 1.29 is 13.6 Å². The number of nitrogens with zero attached hydrogens (tertiary/aromatic N) is 3. The summed E-state index contributed by atoms with van der Waals surface area (Å²) in [5.41, 5.74) is 3.06. The molecular weight excluding hydrogens is 415 g/mol. The van der Waals surface area contributed by atoms with E-state index in [0.29, 0.717) is 29.7 Å². The lowest BCUT2D eigenvalue weighted by molar-refractivity contribution is -0.133. The largest absolute Gasteiger partial charge is 0.458 e. The second kappa shape index (κ2) is 7.02. The molecule has 4 heterocycles. The summed E-state index contributed by atoms with van der Waals surface area (Å²) in [4.78, 5) is 27.4. The molecule has 0 unspecified atom stereocenters. The number of aromatic nitrogens is 3. The number of carbonyl (C=O) groups excluding carboxylic acids is 1. The van der Waals surface area contributed by atoms with Gasteiger partial charge in [0.2, 0.25) is 5.91 Å². The number of H-pyrrole nitrogens is 1. The Balaban J connectivity index is 1.39. The van der Waals surface area contributed by atoms with Gasteiger partial charge in [0.05, 0.1) is 34.0 Å². The Bertz CT molecular complexity index is 1400. The maximum atomic E-state index is 14.3. The highest BCUT2D eigenvalue weighted by Crippen LogP contribution is 2.37. The molecule has 1 N–H and O–H groups in total. The number of furan rings is 1. The second-order valence-corrected chi connectivity index (χ2v) is 8.67. The van der Waals surface area contributed by atoms with Gasteiger partial charge in [-0.2, -0.15) is 0 Å². The third-order valence-corrected chi connectivity index (χ3v) is 6.72. The number of imidazole rings is 1. The molecule has 0 saturated heterocycles. The van der Waals surface area contributed by atoms with Crippen LogP contribution in [0, 0.1) is 5.82 Å². The van der Waals surface area contributed by atoms with Gasteiger partial charge in [0.1, 0.15) is 28.2 Å². The van der Waals surface area contributed by atoms with Gasteiger partial charge in [0, 0.05) is 18.7 Å². The molecule has 1 amide bonds. The minimum atomic E-state index is -0.510. The van der Waals surface area contributed by atoms with E-state index in [9.17, 15) is 9.18 Å². The Kier molecular flexibility index (Phi) is 4.14. The fraction of sp³-hybridized carbons (Fsp3) is 0.174. The Morgan fingerprint density at radius 2 is 2.16 bits per heavy atom. The molecule has 0 fully saturated rings. The van der Waals surface area contributed by atoms with Gasteiger partial charge in [-0.25, -0.2) is 14.4 Å². The van der Waals surface area contributed by atoms with Gasteiger partial charge in [-0.1, -0.05) is 18.2 Å². The number of amides is 1. The first-order valence-corrected chi connectivity index (χ1v) is 10.8. The normalized spacial score (nSPS) is 16.2. The van der Waals surface area contributed by atoms with E-state index >= 15 is 0 Å². The zero-order valence-electron chi connectivity index (χ0n) is 16.3. The van der Waals surface area contributed by atoms with Crippen molar-refractivity contribution in [2.75, 3.05) is 6.54 Å². The first-order valence-electron chi connectivity index (χ1n) is 10.0. The van der Waals surface area contributed by atoms with Crippen LogP contribution in [-0.4, -0.2) is 32.3 Å². The Hall–Kier alpha value is -3.52. The fourth-order valence-corrected chi connectivity index (χ4v) is 5.20. The van der Waals surface area contributed by atoms with E-state index in [4.69, 9.17) is 4.42 Å². The predicted molar refractivity (Wildman–Crippen MR) is 115 cm³/mol. The van der Waals surface area contributed by atoms with Gasteiger partial charge < -0.3 is 14.3 Å².